The van der Waals surface area contributed by atoms with Crippen LogP contribution in [0.2, 0.25) is 0 Å². The van der Waals surface area contributed by atoms with Crippen LogP contribution >= 0.6 is 11.3 Å². The normalized spacial score (nSPS) is 22.9. The van der Waals surface area contributed by atoms with Crippen LogP contribution in [0.25, 0.3) is 0 Å². The Labute approximate surface area is 187 Å². The molecule has 2 N–H and O–H groups in total. The monoisotopic (exact) mass is 472 g/mol. The summed E-state index contributed by atoms with van der Waals surface area (Å²) < 4.78 is 25.7. The van der Waals surface area contributed by atoms with E-state index in [-0.39, 0.29) is 27.5 Å². The molecular weight excluding hydrogens is 440 g/mol. The smallest absolute Gasteiger partial charge is 0.324 e. The number of carbonyl (C=O) groups excluding carboxylic acids is 1. The lowest BCUT2D eigenvalue weighted by atomic mass is 9.84. The lowest BCUT2D eigenvalue weighted by Gasteiger charge is -2.42. The molecule has 0 aromatic carbocycles. The molecular formula is C20H32N4O5S2. The topological polar surface area (TPSA) is 120 Å². The molecule has 2 aliphatic carbocycles. The van der Waals surface area contributed by atoms with Crippen molar-refractivity contribution < 1.29 is 23.1 Å². The quantitative estimate of drug-likeness (QED) is 0.626. The zero-order valence-electron chi connectivity index (χ0n) is 18.1. The van der Waals surface area contributed by atoms with E-state index in [9.17, 15) is 18.0 Å². The number of aliphatic carboxylic acids is 1. The van der Waals surface area contributed by atoms with Gasteiger partial charge in [-0.15, -0.1) is 0 Å². The predicted octanol–water partition coefficient (Wildman–Crippen LogP) is 3.59. The summed E-state index contributed by atoms with van der Waals surface area (Å²) in [4.78, 5) is 30.2. The zero-order chi connectivity index (χ0) is 22.6. The van der Waals surface area contributed by atoms with Crippen LogP contribution in [0.1, 0.15) is 64.7 Å². The van der Waals surface area contributed by atoms with Crippen LogP contribution in [-0.2, 0) is 14.8 Å². The zero-order valence-corrected chi connectivity index (χ0v) is 19.8. The maximum Gasteiger partial charge on any atom is 0.324 e. The minimum absolute atomic E-state index is 0.0951. The van der Waals surface area contributed by atoms with Crippen LogP contribution in [0.3, 0.4) is 0 Å². The fourth-order valence-corrected chi connectivity index (χ4v) is 6.88. The number of anilines is 1. The number of sulfonamides is 1. The van der Waals surface area contributed by atoms with Crippen LogP contribution in [-0.4, -0.2) is 65.4 Å². The van der Waals surface area contributed by atoms with E-state index in [0.717, 1.165) is 67.0 Å². The Morgan fingerprint density at radius 3 is 2.35 bits per heavy atom. The molecule has 3 rings (SSSR count). The molecule has 0 atom stereocenters. The van der Waals surface area contributed by atoms with E-state index in [2.05, 4.69) is 17.2 Å². The van der Waals surface area contributed by atoms with Crippen molar-refractivity contribution in [2.75, 3.05) is 18.9 Å². The van der Waals surface area contributed by atoms with Gasteiger partial charge >= 0.3 is 12.0 Å². The van der Waals surface area contributed by atoms with E-state index < -0.39 is 22.5 Å². The van der Waals surface area contributed by atoms with E-state index in [1.165, 1.54) is 19.7 Å². The number of rotatable bonds is 7. The largest absolute Gasteiger partial charge is 0.480 e. The van der Waals surface area contributed by atoms with Crippen molar-refractivity contribution >= 4 is 38.5 Å². The van der Waals surface area contributed by atoms with Crippen molar-refractivity contribution in [2.45, 2.75) is 81.0 Å². The van der Waals surface area contributed by atoms with Crippen LogP contribution in [0.5, 0.6) is 0 Å². The number of nitrogens with one attached hydrogen (secondary N) is 1. The summed E-state index contributed by atoms with van der Waals surface area (Å²) in [6, 6.07) is 0.185. The standard InChI is InChI=1S/C20H32N4O5S2/c1-14-8-10-16(11-9-14)24(15-6-4-3-5-7-15)20(27)22-19-21-12-18(30-19)31(28,29)23(2)13-17(25)26/h12,14-16H,3-11,13H2,1-2H3,(H,25,26)(H,21,22,27)/t14-,16-. The molecule has 31 heavy (non-hydrogen) atoms. The molecule has 0 saturated heterocycles. The van der Waals surface area contributed by atoms with Crippen molar-refractivity contribution in [3.05, 3.63) is 6.20 Å². The average Bonchev–Trinajstić information content (AvgIpc) is 3.19. The number of hydrogen-bond acceptors (Lipinski definition) is 6. The lowest BCUT2D eigenvalue weighted by Crippen LogP contribution is -2.51. The van der Waals surface area contributed by atoms with Crippen molar-refractivity contribution in [2.24, 2.45) is 5.92 Å². The van der Waals surface area contributed by atoms with E-state index in [1.54, 1.807) is 0 Å². The summed E-state index contributed by atoms with van der Waals surface area (Å²) >= 11 is 0.842. The third-order valence-electron chi connectivity index (χ3n) is 6.30. The Hall–Kier alpha value is -1.72. The number of carboxylic acid groups (broad SMARTS) is 1. The highest BCUT2D eigenvalue weighted by molar-refractivity contribution is 7.91. The highest BCUT2D eigenvalue weighted by Gasteiger charge is 2.34. The minimum atomic E-state index is -3.97. The van der Waals surface area contributed by atoms with Gasteiger partial charge in [0, 0.05) is 19.1 Å². The van der Waals surface area contributed by atoms with Gasteiger partial charge in [0.25, 0.3) is 10.0 Å². The number of hydrogen-bond donors (Lipinski definition) is 2. The van der Waals surface area contributed by atoms with Gasteiger partial charge < -0.3 is 10.0 Å². The fourth-order valence-electron chi connectivity index (χ4n) is 4.53. The molecule has 2 fully saturated rings. The van der Waals surface area contributed by atoms with Crippen molar-refractivity contribution in [1.29, 1.82) is 0 Å². The van der Waals surface area contributed by atoms with Gasteiger partial charge in [0.05, 0.1) is 6.20 Å². The van der Waals surface area contributed by atoms with Gasteiger partial charge in [-0.3, -0.25) is 10.1 Å². The summed E-state index contributed by atoms with van der Waals surface area (Å²) in [6.45, 7) is 1.61. The highest BCUT2D eigenvalue weighted by atomic mass is 32.2. The molecule has 2 aliphatic rings. The van der Waals surface area contributed by atoms with Crippen LogP contribution in [0.4, 0.5) is 9.93 Å². The van der Waals surface area contributed by atoms with E-state index in [1.807, 2.05) is 4.90 Å². The second-order valence-corrected chi connectivity index (χ2v) is 12.0. The SMILES string of the molecule is CN(CC(=O)O)S(=O)(=O)c1cnc(NC(=O)N(C2CCCCC2)[C@H]2CC[C@H](C)CC2)s1. The van der Waals surface area contributed by atoms with Crippen LogP contribution in [0, 0.1) is 5.92 Å². The first-order valence-electron chi connectivity index (χ1n) is 10.9. The molecule has 0 unspecified atom stereocenters. The molecule has 9 nitrogen and oxygen atoms in total. The Bertz CT molecular complexity index is 874. The summed E-state index contributed by atoms with van der Waals surface area (Å²) in [6.07, 6.45) is 10.8. The van der Waals surface area contributed by atoms with Gasteiger partial charge in [0.2, 0.25) is 0 Å². The minimum Gasteiger partial charge on any atom is -0.480 e. The molecule has 0 bridgehead atoms. The maximum absolute atomic E-state index is 13.3. The Balaban J connectivity index is 1.73. The first-order valence-corrected chi connectivity index (χ1v) is 13.2. The number of carbonyl (C=O) groups is 2. The first-order chi connectivity index (χ1) is 14.7. The van der Waals surface area contributed by atoms with Crippen molar-refractivity contribution in [3.8, 4) is 0 Å². The van der Waals surface area contributed by atoms with Gasteiger partial charge in [-0.1, -0.05) is 37.5 Å². The van der Waals surface area contributed by atoms with Crippen molar-refractivity contribution in [1.82, 2.24) is 14.2 Å². The summed E-state index contributed by atoms with van der Waals surface area (Å²) in [5.41, 5.74) is 0. The third kappa shape index (κ3) is 5.95. The molecule has 1 aromatic rings. The summed E-state index contributed by atoms with van der Waals surface area (Å²) in [5, 5.41) is 11.9. The second-order valence-electron chi connectivity index (χ2n) is 8.68. The second kappa shape index (κ2) is 10.3. The van der Waals surface area contributed by atoms with Gasteiger partial charge in [0.1, 0.15) is 6.54 Å². The van der Waals surface area contributed by atoms with Crippen molar-refractivity contribution in [3.63, 3.8) is 0 Å². The number of likely N-dealkylation sites (N-methyl/N-ethyl adjacent to an activating group) is 1. The van der Waals surface area contributed by atoms with E-state index in [0.29, 0.717) is 5.92 Å². The third-order valence-corrected chi connectivity index (χ3v) is 9.46. The number of urea groups is 1. The Kier molecular flexibility index (Phi) is 7.92. The Morgan fingerprint density at radius 1 is 1.13 bits per heavy atom. The van der Waals surface area contributed by atoms with E-state index in [4.69, 9.17) is 5.11 Å². The van der Waals surface area contributed by atoms with Crippen LogP contribution in [0.15, 0.2) is 10.4 Å². The van der Waals surface area contributed by atoms with Gasteiger partial charge in [-0.05, 0) is 44.4 Å². The molecule has 0 radical (unpaired) electrons. The first kappa shape index (κ1) is 23.9. The predicted molar refractivity (Wildman–Crippen MR) is 119 cm³/mol. The number of aromatic nitrogens is 1. The average molecular weight is 473 g/mol. The molecule has 174 valence electrons. The molecule has 1 heterocycles. The molecule has 2 saturated carbocycles. The number of thiazole rings is 1. The number of amides is 2. The van der Waals surface area contributed by atoms with Crippen LogP contribution < -0.4 is 5.32 Å². The summed E-state index contributed by atoms with van der Waals surface area (Å²) in [5.74, 6) is -0.559. The van der Waals surface area contributed by atoms with E-state index >= 15 is 0 Å². The van der Waals surface area contributed by atoms with Gasteiger partial charge in [-0.25, -0.2) is 18.2 Å². The maximum atomic E-state index is 13.3. The Morgan fingerprint density at radius 2 is 1.74 bits per heavy atom. The number of carboxylic acids is 1. The fraction of sp³-hybridized carbons (Fsp3) is 0.750. The molecule has 2 amide bonds. The van der Waals surface area contributed by atoms with Gasteiger partial charge in [-0.2, -0.15) is 4.31 Å². The summed E-state index contributed by atoms with van der Waals surface area (Å²) in [7, 11) is -2.77. The molecule has 11 heteroatoms. The van der Waals surface area contributed by atoms with Gasteiger partial charge in [0.15, 0.2) is 9.34 Å². The molecule has 1 aromatic heterocycles. The lowest BCUT2D eigenvalue weighted by molar-refractivity contribution is -0.137. The highest BCUT2D eigenvalue weighted by Crippen LogP contribution is 2.33. The number of nitrogens with zero attached hydrogens (tertiary/aromatic N) is 3. The molecule has 0 aliphatic heterocycles. The molecule has 0 spiro atoms.